The van der Waals surface area contributed by atoms with Gasteiger partial charge in [0, 0.05) is 58.9 Å². The maximum atomic E-state index is 11.5. The Morgan fingerprint density at radius 2 is 1.70 bits per heavy atom. The normalized spacial score (nSPS) is 22.1. The second-order valence-corrected chi connectivity index (χ2v) is 7.44. The fraction of sp³-hybridized carbons (Fsp3) is 1.00. The summed E-state index contributed by atoms with van der Waals surface area (Å²) in [5.74, 6) is 0. The molecule has 0 saturated carbocycles. The number of piperazine rings is 1. The van der Waals surface area contributed by atoms with Gasteiger partial charge in [0.2, 0.25) is 10.0 Å². The number of hydrogen-bond donors (Lipinski definition) is 1. The van der Waals surface area contributed by atoms with E-state index in [1.54, 1.807) is 14.2 Å². The van der Waals surface area contributed by atoms with Crippen LogP contribution in [0.4, 0.5) is 0 Å². The molecular formula is C12H27N3O4S. The standard InChI is InChI=1S/C12H27N3O4S/c1-12(10-13,9-11(18-2)19-3)14-5-7-15(8-6-14)20(4,16)17/h11H,5-10,13H2,1-4H3. The molecule has 2 N–H and O–H groups in total. The minimum absolute atomic E-state index is 0.264. The topological polar surface area (TPSA) is 85.1 Å². The Hall–Kier alpha value is -0.250. The van der Waals surface area contributed by atoms with Crippen molar-refractivity contribution >= 4 is 10.0 Å². The number of sulfonamides is 1. The SMILES string of the molecule is COC(CC(C)(CN)N1CCN(S(C)(=O)=O)CC1)OC. The minimum atomic E-state index is -3.11. The highest BCUT2D eigenvalue weighted by molar-refractivity contribution is 7.88. The van der Waals surface area contributed by atoms with Gasteiger partial charge in [0.05, 0.1) is 6.26 Å². The van der Waals surface area contributed by atoms with Crippen molar-refractivity contribution in [1.29, 1.82) is 0 Å². The first-order valence-corrected chi connectivity index (χ1v) is 8.57. The largest absolute Gasteiger partial charge is 0.356 e. The van der Waals surface area contributed by atoms with Crippen LogP contribution in [0.15, 0.2) is 0 Å². The summed E-state index contributed by atoms with van der Waals surface area (Å²) in [6, 6.07) is 0. The van der Waals surface area contributed by atoms with Crippen LogP contribution in [0.25, 0.3) is 0 Å². The van der Waals surface area contributed by atoms with E-state index in [0.717, 1.165) is 0 Å². The summed E-state index contributed by atoms with van der Waals surface area (Å²) in [7, 11) is 0.0999. The van der Waals surface area contributed by atoms with E-state index in [1.807, 2.05) is 0 Å². The highest BCUT2D eigenvalue weighted by atomic mass is 32.2. The van der Waals surface area contributed by atoms with E-state index in [-0.39, 0.29) is 11.8 Å². The van der Waals surface area contributed by atoms with Crippen molar-refractivity contribution in [2.45, 2.75) is 25.2 Å². The fourth-order valence-electron chi connectivity index (χ4n) is 2.52. The van der Waals surface area contributed by atoms with Crippen molar-refractivity contribution in [3.8, 4) is 0 Å². The second-order valence-electron chi connectivity index (χ2n) is 5.46. The molecule has 1 saturated heterocycles. The van der Waals surface area contributed by atoms with Gasteiger partial charge in [0.25, 0.3) is 0 Å². The molecule has 8 heteroatoms. The summed E-state index contributed by atoms with van der Waals surface area (Å²) in [6.45, 7) is 4.86. The summed E-state index contributed by atoms with van der Waals surface area (Å²) in [4.78, 5) is 2.22. The van der Waals surface area contributed by atoms with Gasteiger partial charge in [-0.25, -0.2) is 8.42 Å². The number of nitrogens with zero attached hydrogens (tertiary/aromatic N) is 2. The van der Waals surface area contributed by atoms with Crippen molar-refractivity contribution in [2.75, 3.05) is 53.2 Å². The van der Waals surface area contributed by atoms with Crippen molar-refractivity contribution < 1.29 is 17.9 Å². The molecular weight excluding hydrogens is 282 g/mol. The highest BCUT2D eigenvalue weighted by Gasteiger charge is 2.36. The zero-order chi connectivity index (χ0) is 15.4. The third-order valence-electron chi connectivity index (χ3n) is 4.04. The van der Waals surface area contributed by atoms with Crippen LogP contribution < -0.4 is 5.73 Å². The molecule has 0 aromatic heterocycles. The molecule has 1 atom stereocenters. The predicted molar refractivity (Wildman–Crippen MR) is 77.9 cm³/mol. The molecule has 1 heterocycles. The van der Waals surface area contributed by atoms with E-state index in [9.17, 15) is 8.42 Å². The lowest BCUT2D eigenvalue weighted by molar-refractivity contribution is -0.130. The van der Waals surface area contributed by atoms with Gasteiger partial charge < -0.3 is 15.2 Å². The van der Waals surface area contributed by atoms with Gasteiger partial charge in [-0.1, -0.05) is 0 Å². The first-order chi connectivity index (χ1) is 9.26. The first-order valence-electron chi connectivity index (χ1n) is 6.72. The Bertz CT molecular complexity index is 392. The number of rotatable bonds is 7. The molecule has 1 rings (SSSR count). The Morgan fingerprint density at radius 1 is 1.20 bits per heavy atom. The van der Waals surface area contributed by atoms with Gasteiger partial charge in [-0.2, -0.15) is 4.31 Å². The third-order valence-corrected chi connectivity index (χ3v) is 5.35. The highest BCUT2D eigenvalue weighted by Crippen LogP contribution is 2.24. The van der Waals surface area contributed by atoms with Gasteiger partial charge in [-0.15, -0.1) is 0 Å². The van der Waals surface area contributed by atoms with Gasteiger partial charge in [-0.05, 0) is 6.92 Å². The Kier molecular flexibility index (Phi) is 6.36. The molecule has 7 nitrogen and oxygen atoms in total. The molecule has 1 fully saturated rings. The van der Waals surface area contributed by atoms with Crippen LogP contribution in [0.1, 0.15) is 13.3 Å². The molecule has 0 spiro atoms. The molecule has 0 aliphatic carbocycles. The van der Waals surface area contributed by atoms with Gasteiger partial charge in [0.15, 0.2) is 6.29 Å². The Balaban J connectivity index is 2.68. The monoisotopic (exact) mass is 309 g/mol. The Morgan fingerprint density at radius 3 is 2.05 bits per heavy atom. The van der Waals surface area contributed by atoms with E-state index in [2.05, 4.69) is 11.8 Å². The molecule has 1 aliphatic rings. The maximum Gasteiger partial charge on any atom is 0.211 e. The quantitative estimate of drug-likeness (QED) is 0.625. The van der Waals surface area contributed by atoms with Crippen molar-refractivity contribution in [3.05, 3.63) is 0 Å². The van der Waals surface area contributed by atoms with Crippen LogP contribution in [0.3, 0.4) is 0 Å². The smallest absolute Gasteiger partial charge is 0.211 e. The minimum Gasteiger partial charge on any atom is -0.356 e. The molecule has 20 heavy (non-hydrogen) atoms. The van der Waals surface area contributed by atoms with Crippen molar-refractivity contribution in [1.82, 2.24) is 9.21 Å². The average Bonchev–Trinajstić information content (AvgIpc) is 2.43. The van der Waals surface area contributed by atoms with Crippen LogP contribution >= 0.6 is 0 Å². The summed E-state index contributed by atoms with van der Waals surface area (Å²) in [6.07, 6.45) is 1.59. The molecule has 0 amide bonds. The molecule has 120 valence electrons. The molecule has 1 unspecified atom stereocenters. The molecule has 1 aliphatic heterocycles. The third kappa shape index (κ3) is 4.37. The van der Waals surface area contributed by atoms with Crippen LogP contribution in [0.5, 0.6) is 0 Å². The van der Waals surface area contributed by atoms with Gasteiger partial charge >= 0.3 is 0 Å². The predicted octanol–water partition coefficient (Wildman–Crippen LogP) is -0.710. The van der Waals surface area contributed by atoms with E-state index in [0.29, 0.717) is 39.1 Å². The van der Waals surface area contributed by atoms with Crippen LogP contribution in [-0.2, 0) is 19.5 Å². The number of nitrogens with two attached hydrogens (primary N) is 1. The summed E-state index contributed by atoms with van der Waals surface area (Å²) in [5.41, 5.74) is 5.67. The van der Waals surface area contributed by atoms with Gasteiger partial charge in [-0.3, -0.25) is 4.90 Å². The Labute approximate surface area is 122 Å². The zero-order valence-electron chi connectivity index (χ0n) is 12.8. The van der Waals surface area contributed by atoms with Crippen LogP contribution in [-0.4, -0.2) is 82.7 Å². The summed E-state index contributed by atoms with van der Waals surface area (Å²) in [5, 5.41) is 0. The average molecular weight is 309 g/mol. The second kappa shape index (κ2) is 7.15. The van der Waals surface area contributed by atoms with E-state index in [4.69, 9.17) is 15.2 Å². The molecule has 0 aromatic rings. The van der Waals surface area contributed by atoms with Crippen LogP contribution in [0, 0.1) is 0 Å². The molecule has 0 radical (unpaired) electrons. The lowest BCUT2D eigenvalue weighted by Crippen LogP contribution is -2.60. The van der Waals surface area contributed by atoms with Crippen molar-refractivity contribution in [3.63, 3.8) is 0 Å². The van der Waals surface area contributed by atoms with E-state index >= 15 is 0 Å². The molecule has 0 aromatic carbocycles. The zero-order valence-corrected chi connectivity index (χ0v) is 13.6. The lowest BCUT2D eigenvalue weighted by Gasteiger charge is -2.45. The number of hydrogen-bond acceptors (Lipinski definition) is 6. The lowest BCUT2D eigenvalue weighted by atomic mass is 9.94. The first kappa shape index (κ1) is 17.8. The maximum absolute atomic E-state index is 11.5. The number of ether oxygens (including phenoxy) is 2. The summed E-state index contributed by atoms with van der Waals surface area (Å²) >= 11 is 0. The van der Waals surface area contributed by atoms with Crippen molar-refractivity contribution in [2.24, 2.45) is 5.73 Å². The number of methoxy groups -OCH3 is 2. The van der Waals surface area contributed by atoms with E-state index < -0.39 is 10.0 Å². The summed E-state index contributed by atoms with van der Waals surface area (Å²) < 4.78 is 35.1. The van der Waals surface area contributed by atoms with Crippen LogP contribution in [0.2, 0.25) is 0 Å². The van der Waals surface area contributed by atoms with Gasteiger partial charge in [0.1, 0.15) is 0 Å². The molecule has 0 bridgehead atoms. The fourth-order valence-corrected chi connectivity index (χ4v) is 3.35. The van der Waals surface area contributed by atoms with E-state index in [1.165, 1.54) is 10.6 Å².